The summed E-state index contributed by atoms with van der Waals surface area (Å²) < 4.78 is 1.15. The molecule has 0 aliphatic carbocycles. The fraction of sp³-hybridized carbons (Fsp3) is 0. The summed E-state index contributed by atoms with van der Waals surface area (Å²) in [5, 5.41) is 4.28. The van der Waals surface area contributed by atoms with Crippen molar-refractivity contribution in [1.29, 1.82) is 0 Å². The third-order valence-electron chi connectivity index (χ3n) is 9.37. The van der Waals surface area contributed by atoms with Gasteiger partial charge in [0, 0.05) is 60.9 Å². The standard InChI is InChI=1S/C45H27N5S/c1-3-11-28(12-4-1)34-23-20-30-17-18-31-21-24-35(49-43(31)42(30)48-34)32-19-22-33-38(27-32)50-41(29-13-5-2-6-14-29)40-39(36-15-7-9-25-46-36)45(51-44(33)40)37-16-8-10-26-47-37/h1-27H. The molecule has 51 heavy (non-hydrogen) atoms. The number of thiophene rings is 1. The van der Waals surface area contributed by atoms with Crippen molar-refractivity contribution in [2.75, 3.05) is 0 Å². The second-order valence-electron chi connectivity index (χ2n) is 12.5. The first kappa shape index (κ1) is 29.3. The van der Waals surface area contributed by atoms with Crippen LogP contribution in [0.3, 0.4) is 0 Å². The molecule has 0 saturated heterocycles. The van der Waals surface area contributed by atoms with Crippen LogP contribution in [0.1, 0.15) is 0 Å². The fourth-order valence-electron chi connectivity index (χ4n) is 6.93. The molecule has 0 atom stereocenters. The van der Waals surface area contributed by atoms with Crippen LogP contribution in [-0.4, -0.2) is 24.9 Å². The molecule has 238 valence electrons. The van der Waals surface area contributed by atoms with E-state index in [0.29, 0.717) is 0 Å². The van der Waals surface area contributed by atoms with Gasteiger partial charge in [-0.15, -0.1) is 11.3 Å². The molecular formula is C45H27N5S. The second kappa shape index (κ2) is 12.1. The van der Waals surface area contributed by atoms with Crippen LogP contribution in [0.4, 0.5) is 0 Å². The van der Waals surface area contributed by atoms with Crippen molar-refractivity contribution in [3.05, 3.63) is 164 Å². The highest BCUT2D eigenvalue weighted by Gasteiger charge is 2.24. The Hall–Kier alpha value is -6.63. The van der Waals surface area contributed by atoms with Crippen LogP contribution in [-0.2, 0) is 0 Å². The second-order valence-corrected chi connectivity index (χ2v) is 13.5. The van der Waals surface area contributed by atoms with Gasteiger partial charge in [-0.05, 0) is 42.5 Å². The van der Waals surface area contributed by atoms with E-state index in [-0.39, 0.29) is 0 Å². The number of hydrogen-bond acceptors (Lipinski definition) is 6. The van der Waals surface area contributed by atoms with Crippen molar-refractivity contribution >= 4 is 54.1 Å². The average molecular weight is 670 g/mol. The summed E-state index contributed by atoms with van der Waals surface area (Å²) in [5.74, 6) is 0. The first-order chi connectivity index (χ1) is 25.3. The van der Waals surface area contributed by atoms with Gasteiger partial charge in [0.15, 0.2) is 0 Å². The lowest BCUT2D eigenvalue weighted by molar-refractivity contribution is 1.32. The summed E-state index contributed by atoms with van der Waals surface area (Å²) in [6.07, 6.45) is 3.70. The number of hydrogen-bond donors (Lipinski definition) is 0. The molecule has 0 radical (unpaired) electrons. The largest absolute Gasteiger partial charge is 0.256 e. The van der Waals surface area contributed by atoms with Gasteiger partial charge in [-0.3, -0.25) is 9.97 Å². The van der Waals surface area contributed by atoms with E-state index >= 15 is 0 Å². The Morgan fingerprint density at radius 3 is 1.67 bits per heavy atom. The molecule has 0 amide bonds. The highest BCUT2D eigenvalue weighted by Crippen LogP contribution is 2.49. The molecule has 6 heteroatoms. The fourth-order valence-corrected chi connectivity index (χ4v) is 8.26. The molecule has 10 aromatic rings. The molecule has 0 aliphatic heterocycles. The van der Waals surface area contributed by atoms with E-state index in [0.717, 1.165) is 98.4 Å². The van der Waals surface area contributed by atoms with Gasteiger partial charge in [0.2, 0.25) is 0 Å². The Balaban J connectivity index is 1.21. The summed E-state index contributed by atoms with van der Waals surface area (Å²) in [5.41, 5.74) is 11.4. The molecule has 5 nitrogen and oxygen atoms in total. The number of rotatable bonds is 5. The summed E-state index contributed by atoms with van der Waals surface area (Å²) in [7, 11) is 0. The predicted molar refractivity (Wildman–Crippen MR) is 210 cm³/mol. The molecule has 0 unspecified atom stereocenters. The molecule has 6 aromatic heterocycles. The maximum atomic E-state index is 5.43. The molecular weight excluding hydrogens is 643 g/mol. The zero-order chi connectivity index (χ0) is 33.7. The molecule has 0 N–H and O–H groups in total. The summed E-state index contributed by atoms with van der Waals surface area (Å²) in [4.78, 5) is 26.5. The first-order valence-electron chi connectivity index (χ1n) is 16.8. The molecule has 0 saturated carbocycles. The van der Waals surface area contributed by atoms with Crippen molar-refractivity contribution < 1.29 is 0 Å². The van der Waals surface area contributed by atoms with Crippen molar-refractivity contribution in [2.45, 2.75) is 0 Å². The Morgan fingerprint density at radius 2 is 1.02 bits per heavy atom. The van der Waals surface area contributed by atoms with E-state index in [1.54, 1.807) is 11.3 Å². The lowest BCUT2D eigenvalue weighted by Gasteiger charge is -2.11. The van der Waals surface area contributed by atoms with E-state index in [1.165, 1.54) is 0 Å². The third kappa shape index (κ3) is 5.04. The SMILES string of the molecule is c1ccc(-c2ccc3ccc4ccc(-c5ccc6c(c5)nc(-c5ccccc5)c5c(-c7ccccn7)c(-c7ccccn7)sc56)nc4c3n2)cc1. The zero-order valence-corrected chi connectivity index (χ0v) is 28.0. The topological polar surface area (TPSA) is 64.5 Å². The van der Waals surface area contributed by atoms with E-state index in [9.17, 15) is 0 Å². The van der Waals surface area contributed by atoms with Crippen molar-refractivity contribution in [3.8, 4) is 55.6 Å². The lowest BCUT2D eigenvalue weighted by atomic mass is 9.97. The van der Waals surface area contributed by atoms with Crippen LogP contribution in [0, 0.1) is 0 Å². The minimum Gasteiger partial charge on any atom is -0.256 e. The number of fused-ring (bicyclic) bond motifs is 6. The zero-order valence-electron chi connectivity index (χ0n) is 27.2. The van der Waals surface area contributed by atoms with Gasteiger partial charge >= 0.3 is 0 Å². The minimum atomic E-state index is 0.876. The lowest BCUT2D eigenvalue weighted by Crippen LogP contribution is -1.93. The molecule has 0 aliphatic rings. The molecule has 0 fully saturated rings. The number of nitrogens with zero attached hydrogens (tertiary/aromatic N) is 5. The van der Waals surface area contributed by atoms with Gasteiger partial charge in [0.05, 0.1) is 49.9 Å². The van der Waals surface area contributed by atoms with Crippen LogP contribution in [0.25, 0.3) is 98.4 Å². The normalized spacial score (nSPS) is 11.5. The Kier molecular flexibility index (Phi) is 6.93. The maximum absolute atomic E-state index is 5.43. The number of benzene rings is 4. The maximum Gasteiger partial charge on any atom is 0.0972 e. The number of pyridine rings is 5. The predicted octanol–water partition coefficient (Wildman–Crippen LogP) is 11.7. The van der Waals surface area contributed by atoms with Gasteiger partial charge < -0.3 is 0 Å². The van der Waals surface area contributed by atoms with Gasteiger partial charge in [-0.1, -0.05) is 109 Å². The smallest absolute Gasteiger partial charge is 0.0972 e. The van der Waals surface area contributed by atoms with Crippen molar-refractivity contribution in [1.82, 2.24) is 24.9 Å². The highest BCUT2D eigenvalue weighted by molar-refractivity contribution is 7.24. The Labute approximate surface area is 297 Å². The molecule has 0 bridgehead atoms. The van der Waals surface area contributed by atoms with E-state index < -0.39 is 0 Å². The van der Waals surface area contributed by atoms with Gasteiger partial charge in [0.25, 0.3) is 0 Å². The summed E-state index contributed by atoms with van der Waals surface area (Å²) in [6, 6.07) is 52.1. The van der Waals surface area contributed by atoms with E-state index in [4.69, 9.17) is 24.9 Å². The van der Waals surface area contributed by atoms with E-state index in [2.05, 4.69) is 103 Å². The van der Waals surface area contributed by atoms with Crippen LogP contribution in [0.15, 0.2) is 164 Å². The van der Waals surface area contributed by atoms with Crippen LogP contribution in [0.5, 0.6) is 0 Å². The third-order valence-corrected chi connectivity index (χ3v) is 10.6. The van der Waals surface area contributed by atoms with Gasteiger partial charge in [-0.25, -0.2) is 15.0 Å². The van der Waals surface area contributed by atoms with Crippen molar-refractivity contribution in [2.24, 2.45) is 0 Å². The van der Waals surface area contributed by atoms with Crippen LogP contribution >= 0.6 is 11.3 Å². The van der Waals surface area contributed by atoms with Crippen LogP contribution < -0.4 is 0 Å². The average Bonchev–Trinajstić information content (AvgIpc) is 3.62. The molecule has 4 aromatic carbocycles. The summed E-state index contributed by atoms with van der Waals surface area (Å²) in [6.45, 7) is 0. The Bertz CT molecular complexity index is 2890. The van der Waals surface area contributed by atoms with Crippen molar-refractivity contribution in [3.63, 3.8) is 0 Å². The van der Waals surface area contributed by atoms with Gasteiger partial charge in [0.1, 0.15) is 0 Å². The molecule has 0 spiro atoms. The highest BCUT2D eigenvalue weighted by atomic mass is 32.1. The van der Waals surface area contributed by atoms with Crippen LogP contribution in [0.2, 0.25) is 0 Å². The molecule has 10 rings (SSSR count). The monoisotopic (exact) mass is 669 g/mol. The first-order valence-corrected chi connectivity index (χ1v) is 17.6. The number of aromatic nitrogens is 5. The Morgan fingerprint density at radius 1 is 0.431 bits per heavy atom. The summed E-state index contributed by atoms with van der Waals surface area (Å²) >= 11 is 1.75. The minimum absolute atomic E-state index is 0.876. The quantitative estimate of drug-likeness (QED) is 0.171. The molecule has 6 heterocycles. The van der Waals surface area contributed by atoms with E-state index in [1.807, 2.05) is 60.9 Å². The van der Waals surface area contributed by atoms with Gasteiger partial charge in [-0.2, -0.15) is 0 Å².